The minimum atomic E-state index is -4.11. The van der Waals surface area contributed by atoms with Crippen molar-refractivity contribution >= 4 is 44.8 Å². The predicted octanol–water partition coefficient (Wildman–Crippen LogP) is 4.52. The van der Waals surface area contributed by atoms with E-state index in [1.807, 2.05) is 0 Å². The van der Waals surface area contributed by atoms with Crippen LogP contribution in [0, 0.1) is 0 Å². The van der Waals surface area contributed by atoms with Gasteiger partial charge in [-0.3, -0.25) is 9.10 Å². The standard InChI is InChI=1S/C23H22Cl2N2O5S/c1-31-18-9-11-19(12-10-18)33(29,30)27(21-5-3-4-6-22(21)32-2)15-23(28)26-14-16-7-8-17(24)13-20(16)25/h3-13H,14-15H2,1-2H3,(H,26,28). The highest BCUT2D eigenvalue weighted by Gasteiger charge is 2.29. The molecular formula is C23H22Cl2N2O5S. The Morgan fingerprint density at radius 3 is 2.30 bits per heavy atom. The van der Waals surface area contributed by atoms with Crippen LogP contribution in [0.15, 0.2) is 71.6 Å². The van der Waals surface area contributed by atoms with E-state index in [0.717, 1.165) is 4.31 Å². The Morgan fingerprint density at radius 1 is 0.970 bits per heavy atom. The van der Waals surface area contributed by atoms with Crippen LogP contribution in [0.4, 0.5) is 5.69 Å². The second kappa shape index (κ2) is 10.8. The van der Waals surface area contributed by atoms with Crippen molar-refractivity contribution in [1.29, 1.82) is 0 Å². The van der Waals surface area contributed by atoms with Crippen LogP contribution in [-0.2, 0) is 21.4 Å². The monoisotopic (exact) mass is 508 g/mol. The number of nitrogens with zero attached hydrogens (tertiary/aromatic N) is 1. The topological polar surface area (TPSA) is 84.9 Å². The number of amides is 1. The number of hydrogen-bond acceptors (Lipinski definition) is 5. The largest absolute Gasteiger partial charge is 0.497 e. The zero-order valence-corrected chi connectivity index (χ0v) is 20.2. The molecule has 0 saturated carbocycles. The van der Waals surface area contributed by atoms with Gasteiger partial charge in [-0.25, -0.2) is 8.42 Å². The van der Waals surface area contributed by atoms with Crippen molar-refractivity contribution in [1.82, 2.24) is 5.32 Å². The maximum absolute atomic E-state index is 13.5. The van der Waals surface area contributed by atoms with Gasteiger partial charge in [-0.1, -0.05) is 41.4 Å². The van der Waals surface area contributed by atoms with Gasteiger partial charge in [0.05, 0.1) is 24.8 Å². The molecule has 10 heteroatoms. The van der Waals surface area contributed by atoms with Crippen molar-refractivity contribution in [3.8, 4) is 11.5 Å². The summed E-state index contributed by atoms with van der Waals surface area (Å²) >= 11 is 12.1. The molecule has 3 rings (SSSR count). The number of carbonyl (C=O) groups excluding carboxylic acids is 1. The van der Waals surface area contributed by atoms with Gasteiger partial charge >= 0.3 is 0 Å². The van der Waals surface area contributed by atoms with Crippen molar-refractivity contribution < 1.29 is 22.7 Å². The number of carbonyl (C=O) groups is 1. The average molecular weight is 509 g/mol. The van der Waals surface area contributed by atoms with Gasteiger partial charge in [-0.15, -0.1) is 0 Å². The fourth-order valence-corrected chi connectivity index (χ4v) is 4.96. The minimum Gasteiger partial charge on any atom is -0.497 e. The third kappa shape index (κ3) is 5.90. The summed E-state index contributed by atoms with van der Waals surface area (Å²) in [6, 6.07) is 17.4. The summed E-state index contributed by atoms with van der Waals surface area (Å²) in [5, 5.41) is 3.58. The molecular weight excluding hydrogens is 487 g/mol. The van der Waals surface area contributed by atoms with Gasteiger partial charge in [0.25, 0.3) is 10.0 Å². The van der Waals surface area contributed by atoms with E-state index < -0.39 is 22.5 Å². The van der Waals surface area contributed by atoms with Crippen LogP contribution in [0.3, 0.4) is 0 Å². The molecule has 0 bridgehead atoms. The maximum atomic E-state index is 13.5. The lowest BCUT2D eigenvalue weighted by Gasteiger charge is -2.25. The molecule has 0 heterocycles. The predicted molar refractivity (Wildman–Crippen MR) is 129 cm³/mol. The first-order valence-corrected chi connectivity index (χ1v) is 12.0. The van der Waals surface area contributed by atoms with Crippen LogP contribution in [0.25, 0.3) is 0 Å². The smallest absolute Gasteiger partial charge is 0.264 e. The first kappa shape index (κ1) is 24.7. The molecule has 3 aromatic rings. The zero-order chi connectivity index (χ0) is 24.0. The fraction of sp³-hybridized carbons (Fsp3) is 0.174. The quantitative estimate of drug-likeness (QED) is 0.459. The van der Waals surface area contributed by atoms with Crippen LogP contribution in [0.2, 0.25) is 10.0 Å². The van der Waals surface area contributed by atoms with E-state index in [4.69, 9.17) is 32.7 Å². The number of nitrogens with one attached hydrogen (secondary N) is 1. The lowest BCUT2D eigenvalue weighted by Crippen LogP contribution is -2.40. The normalized spacial score (nSPS) is 11.0. The molecule has 3 aromatic carbocycles. The first-order chi connectivity index (χ1) is 15.8. The number of benzene rings is 3. The Bertz CT molecular complexity index is 1230. The molecule has 0 aliphatic carbocycles. The molecule has 0 atom stereocenters. The van der Waals surface area contributed by atoms with Gasteiger partial charge in [0, 0.05) is 16.6 Å². The molecule has 33 heavy (non-hydrogen) atoms. The lowest BCUT2D eigenvalue weighted by molar-refractivity contribution is -0.119. The summed E-state index contributed by atoms with van der Waals surface area (Å²) in [6.45, 7) is -0.364. The Labute approximate surface area is 202 Å². The van der Waals surface area contributed by atoms with Gasteiger partial charge in [-0.05, 0) is 54.1 Å². The highest BCUT2D eigenvalue weighted by Crippen LogP contribution is 2.32. The van der Waals surface area contributed by atoms with Crippen LogP contribution in [0.1, 0.15) is 5.56 Å². The van der Waals surface area contributed by atoms with E-state index in [1.165, 1.54) is 38.5 Å². The number of hydrogen-bond donors (Lipinski definition) is 1. The summed E-state index contributed by atoms with van der Waals surface area (Å²) in [5.74, 6) is 0.294. The van der Waals surface area contributed by atoms with Gasteiger partial charge in [0.2, 0.25) is 5.91 Å². The van der Waals surface area contributed by atoms with Crippen molar-refractivity contribution in [3.05, 3.63) is 82.3 Å². The van der Waals surface area contributed by atoms with Gasteiger partial charge in [0.1, 0.15) is 18.0 Å². The Balaban J connectivity index is 1.90. The number of ether oxygens (including phenoxy) is 2. The van der Waals surface area contributed by atoms with Gasteiger partial charge < -0.3 is 14.8 Å². The second-order valence-corrected chi connectivity index (χ2v) is 9.58. The molecule has 1 N–H and O–H groups in total. The molecule has 174 valence electrons. The number of sulfonamides is 1. The molecule has 0 aliphatic rings. The van der Waals surface area contributed by atoms with Crippen LogP contribution >= 0.6 is 23.2 Å². The molecule has 0 aromatic heterocycles. The van der Waals surface area contributed by atoms with E-state index >= 15 is 0 Å². The zero-order valence-electron chi connectivity index (χ0n) is 17.9. The van der Waals surface area contributed by atoms with Crippen molar-refractivity contribution in [2.45, 2.75) is 11.4 Å². The van der Waals surface area contributed by atoms with E-state index in [1.54, 1.807) is 42.5 Å². The lowest BCUT2D eigenvalue weighted by atomic mass is 10.2. The van der Waals surface area contributed by atoms with Crippen LogP contribution in [0.5, 0.6) is 11.5 Å². The van der Waals surface area contributed by atoms with Crippen molar-refractivity contribution in [2.24, 2.45) is 0 Å². The third-order valence-electron chi connectivity index (χ3n) is 4.78. The van der Waals surface area contributed by atoms with E-state index in [-0.39, 0.29) is 17.1 Å². The second-order valence-electron chi connectivity index (χ2n) is 6.87. The molecule has 0 unspecified atom stereocenters. The minimum absolute atomic E-state index is 0.00255. The van der Waals surface area contributed by atoms with E-state index in [0.29, 0.717) is 27.1 Å². The van der Waals surface area contributed by atoms with Gasteiger partial charge in [-0.2, -0.15) is 0 Å². The SMILES string of the molecule is COc1ccc(S(=O)(=O)N(CC(=O)NCc2ccc(Cl)cc2Cl)c2ccccc2OC)cc1. The fourth-order valence-electron chi connectivity index (χ4n) is 3.06. The number of rotatable bonds is 9. The molecule has 0 radical (unpaired) electrons. The number of para-hydroxylation sites is 2. The molecule has 0 saturated heterocycles. The highest BCUT2D eigenvalue weighted by atomic mass is 35.5. The van der Waals surface area contributed by atoms with Crippen LogP contribution < -0.4 is 19.1 Å². The van der Waals surface area contributed by atoms with E-state index in [9.17, 15) is 13.2 Å². The highest BCUT2D eigenvalue weighted by molar-refractivity contribution is 7.92. The summed E-state index contributed by atoms with van der Waals surface area (Å²) in [4.78, 5) is 12.8. The third-order valence-corrected chi connectivity index (χ3v) is 7.14. The Morgan fingerprint density at radius 2 is 1.67 bits per heavy atom. The number of halogens is 2. The Kier molecular flexibility index (Phi) is 8.07. The average Bonchev–Trinajstić information content (AvgIpc) is 2.82. The first-order valence-electron chi connectivity index (χ1n) is 9.76. The van der Waals surface area contributed by atoms with Gasteiger partial charge in [0.15, 0.2) is 0 Å². The van der Waals surface area contributed by atoms with Crippen molar-refractivity contribution in [2.75, 3.05) is 25.1 Å². The van der Waals surface area contributed by atoms with Crippen molar-refractivity contribution in [3.63, 3.8) is 0 Å². The Hall–Kier alpha value is -2.94. The summed E-state index contributed by atoms with van der Waals surface area (Å²) in [5.41, 5.74) is 0.881. The summed E-state index contributed by atoms with van der Waals surface area (Å²) in [7, 11) is -1.19. The molecule has 7 nitrogen and oxygen atoms in total. The number of methoxy groups -OCH3 is 2. The molecule has 0 spiro atoms. The summed E-state index contributed by atoms with van der Waals surface area (Å²) in [6.07, 6.45) is 0. The number of anilines is 1. The summed E-state index contributed by atoms with van der Waals surface area (Å²) < 4.78 is 38.5. The van der Waals surface area contributed by atoms with Crippen LogP contribution in [-0.4, -0.2) is 35.1 Å². The molecule has 1 amide bonds. The molecule has 0 fully saturated rings. The maximum Gasteiger partial charge on any atom is 0.264 e. The molecule has 0 aliphatic heterocycles. The van der Waals surface area contributed by atoms with E-state index in [2.05, 4.69) is 5.32 Å².